The van der Waals surface area contributed by atoms with Crippen molar-refractivity contribution >= 4 is 48.7 Å². The molecule has 0 aromatic heterocycles. The van der Waals surface area contributed by atoms with Gasteiger partial charge in [0.25, 0.3) is 0 Å². The number of aryl methyl sites for hydroxylation is 1. The highest BCUT2D eigenvalue weighted by atomic mass is 32.2. The Labute approximate surface area is 398 Å². The molecule has 0 aliphatic heterocycles. The number of methoxy groups -OCH3 is 2. The Balaban J connectivity index is -0.000000667. The van der Waals surface area contributed by atoms with Gasteiger partial charge in [-0.05, 0) is 142 Å². The monoisotopic (exact) mass is 911 g/mol. The van der Waals surface area contributed by atoms with E-state index in [1.54, 1.807) is 84.1 Å². The van der Waals surface area contributed by atoms with E-state index in [1.165, 1.54) is 89.3 Å². The number of thioether (sulfide) groups is 1. The van der Waals surface area contributed by atoms with Crippen LogP contribution in [0.4, 0.5) is 0 Å². The van der Waals surface area contributed by atoms with E-state index in [-0.39, 0.29) is 7.43 Å². The smallest absolute Gasteiger partial charge is 0.126 e. The highest BCUT2D eigenvalue weighted by Crippen LogP contribution is 2.58. The first kappa shape index (κ1) is 64.8. The lowest BCUT2D eigenvalue weighted by Crippen LogP contribution is -2.15. The second kappa shape index (κ2) is 36.7. The summed E-state index contributed by atoms with van der Waals surface area (Å²) in [7, 11) is 3.28. The minimum absolute atomic E-state index is 0. The summed E-state index contributed by atoms with van der Waals surface area (Å²) in [6, 6.07) is 29.1. The molecule has 3 nitrogen and oxygen atoms in total. The summed E-state index contributed by atoms with van der Waals surface area (Å²) >= 11 is 1.75. The van der Waals surface area contributed by atoms with Gasteiger partial charge in [-0.1, -0.05) is 188 Å². The van der Waals surface area contributed by atoms with Crippen molar-refractivity contribution in [2.45, 2.75) is 161 Å². The molecular weight excluding hydrogens is 809 g/mol. The zero-order valence-corrected chi connectivity index (χ0v) is 45.3. The zero-order valence-electron chi connectivity index (χ0n) is 43.6. The molecular formula is C58H102O3S2. The van der Waals surface area contributed by atoms with Crippen LogP contribution in [0.5, 0.6) is 5.75 Å². The van der Waals surface area contributed by atoms with Crippen molar-refractivity contribution in [3.8, 4) is 5.75 Å². The Morgan fingerprint density at radius 2 is 1.03 bits per heavy atom. The Hall–Kier alpha value is -2.47. The summed E-state index contributed by atoms with van der Waals surface area (Å²) in [4.78, 5) is 0. The maximum atomic E-state index is 10.1. The van der Waals surface area contributed by atoms with Gasteiger partial charge in [0.15, 0.2) is 0 Å². The Morgan fingerprint density at radius 3 is 1.40 bits per heavy atom. The SMILES string of the molecule is C.C1CC2C3CCC(C3)C2C1.C=S(C)(C)=O.CC.CC(C)(C)C.CC1(C)CCCCC1.CCC.COC.COc1cccc2ccccc12.CSC.Cc1cccc2ccccc12. The Morgan fingerprint density at radius 1 is 0.683 bits per heavy atom. The van der Waals surface area contributed by atoms with Crippen molar-refractivity contribution in [2.24, 2.45) is 34.5 Å². The van der Waals surface area contributed by atoms with Gasteiger partial charge in [-0.2, -0.15) is 11.8 Å². The molecule has 4 atom stereocenters. The molecule has 4 aliphatic rings. The average molecular weight is 912 g/mol. The largest absolute Gasteiger partial charge is 0.496 e. The summed E-state index contributed by atoms with van der Waals surface area (Å²) in [6.07, 6.45) is 25.4. The minimum atomic E-state index is -1.67. The molecule has 2 bridgehead atoms. The summed E-state index contributed by atoms with van der Waals surface area (Å²) in [6.45, 7) is 23.9. The van der Waals surface area contributed by atoms with Crippen LogP contribution in [0.1, 0.15) is 159 Å². The van der Waals surface area contributed by atoms with E-state index >= 15 is 0 Å². The fourth-order valence-electron chi connectivity index (χ4n) is 8.29. The van der Waals surface area contributed by atoms with Crippen LogP contribution in [0.3, 0.4) is 0 Å². The number of rotatable bonds is 1. The number of hydrogen-bond donors (Lipinski definition) is 0. The standard InChI is InChI=1S/C11H10O.C11H10.C10H16.C8H16.C5H12.C3H8OS.C3H8.C2H6O.C2H6S.C2H6.CH4/c1-12-11-8-4-6-9-5-2-3-7-10(9)11;1-9-5-4-7-10-6-2-3-8-11(9)10;1-2-9-7-4-5-8(6-7)10(9)3-1;1-8(2)6-4-3-5-7-8;2*1-5(2,3)4;3*1-3-2;1-2;/h2-8H,1H3;2-8H,1H3;7-10H,1-6H2;3-7H2,1-2H3;1-4H3;1H2,2-3H3;3H2,1-2H3;2*1-2H3;1-2H3;1H4. The van der Waals surface area contributed by atoms with E-state index in [1.807, 2.05) is 50.6 Å². The molecule has 4 aliphatic carbocycles. The second-order valence-corrected chi connectivity index (χ2v) is 23.4. The van der Waals surface area contributed by atoms with Crippen LogP contribution < -0.4 is 4.74 Å². The highest BCUT2D eigenvalue weighted by molar-refractivity contribution is 7.99. The lowest BCUT2D eigenvalue weighted by atomic mass is 9.78. The van der Waals surface area contributed by atoms with Gasteiger partial charge in [0.05, 0.1) is 7.11 Å². The van der Waals surface area contributed by atoms with Gasteiger partial charge in [-0.25, -0.2) is 0 Å². The fraction of sp³-hybridized carbons (Fsp3) is 0.638. The highest BCUT2D eigenvalue weighted by Gasteiger charge is 2.48. The average Bonchev–Trinajstić information content (AvgIpc) is 3.97. The summed E-state index contributed by atoms with van der Waals surface area (Å²) in [5.74, 6) is 9.04. The molecule has 0 spiro atoms. The number of fused-ring (bicyclic) bond motifs is 7. The molecule has 0 heterocycles. The molecule has 4 aromatic carbocycles. The molecule has 0 saturated heterocycles. The van der Waals surface area contributed by atoms with Crippen molar-refractivity contribution in [1.82, 2.24) is 0 Å². The first-order valence-corrected chi connectivity index (χ1v) is 27.9. The van der Waals surface area contributed by atoms with E-state index < -0.39 is 9.52 Å². The van der Waals surface area contributed by atoms with E-state index in [9.17, 15) is 4.21 Å². The maximum Gasteiger partial charge on any atom is 0.126 e. The van der Waals surface area contributed by atoms with Gasteiger partial charge in [0.1, 0.15) is 5.75 Å². The molecule has 0 radical (unpaired) electrons. The third-order valence-corrected chi connectivity index (χ3v) is 10.5. The van der Waals surface area contributed by atoms with Gasteiger partial charge in [-0.3, -0.25) is 4.21 Å². The Bertz CT molecular complexity index is 1720. The minimum Gasteiger partial charge on any atom is -0.496 e. The number of ether oxygens (including phenoxy) is 2. The molecule has 5 heteroatoms. The third-order valence-electron chi connectivity index (χ3n) is 10.5. The molecule has 63 heavy (non-hydrogen) atoms. The van der Waals surface area contributed by atoms with Crippen LogP contribution in [0.2, 0.25) is 0 Å². The number of hydrogen-bond acceptors (Lipinski definition) is 4. The molecule has 0 N–H and O–H groups in total. The van der Waals surface area contributed by atoms with Crippen LogP contribution >= 0.6 is 11.8 Å². The van der Waals surface area contributed by atoms with Crippen molar-refractivity contribution in [1.29, 1.82) is 0 Å². The predicted molar refractivity (Wildman–Crippen MR) is 296 cm³/mol. The predicted octanol–water partition coefficient (Wildman–Crippen LogP) is 18.1. The van der Waals surface area contributed by atoms with Gasteiger partial charge in [0, 0.05) is 32.1 Å². The van der Waals surface area contributed by atoms with Crippen LogP contribution in [-0.2, 0) is 14.3 Å². The number of benzene rings is 4. The lowest BCUT2D eigenvalue weighted by Gasteiger charge is -2.28. The third kappa shape index (κ3) is 31.9. The second-order valence-electron chi connectivity index (χ2n) is 19.8. The van der Waals surface area contributed by atoms with Gasteiger partial charge < -0.3 is 9.47 Å². The van der Waals surface area contributed by atoms with Crippen molar-refractivity contribution in [3.05, 3.63) is 90.5 Å². The molecule has 364 valence electrons. The molecule has 0 amide bonds. The van der Waals surface area contributed by atoms with Crippen LogP contribution in [-0.4, -0.2) is 56.4 Å². The van der Waals surface area contributed by atoms with E-state index in [2.05, 4.69) is 134 Å². The molecule has 4 fully saturated rings. The molecule has 4 unspecified atom stereocenters. The van der Waals surface area contributed by atoms with Gasteiger partial charge >= 0.3 is 0 Å². The van der Waals surface area contributed by atoms with Gasteiger partial charge in [0.2, 0.25) is 0 Å². The molecule has 4 aromatic rings. The van der Waals surface area contributed by atoms with Crippen LogP contribution in [0.15, 0.2) is 84.9 Å². The Kier molecular flexibility index (Phi) is 37.8. The summed E-state index contributed by atoms with van der Waals surface area (Å²) in [5, 5.41) is 5.07. The van der Waals surface area contributed by atoms with Gasteiger partial charge in [-0.15, -0.1) is 0 Å². The topological polar surface area (TPSA) is 35.5 Å². The quantitative estimate of drug-likeness (QED) is 0.178. The lowest BCUT2D eigenvalue weighted by molar-refractivity contribution is 0.244. The molecule has 4 saturated carbocycles. The van der Waals surface area contributed by atoms with Crippen molar-refractivity contribution < 1.29 is 13.7 Å². The normalized spacial score (nSPS) is 19.2. The van der Waals surface area contributed by atoms with Crippen molar-refractivity contribution in [2.75, 3.05) is 46.4 Å². The van der Waals surface area contributed by atoms with Crippen LogP contribution in [0.25, 0.3) is 21.5 Å². The van der Waals surface area contributed by atoms with E-state index in [0.717, 1.165) is 5.75 Å². The molecule has 8 rings (SSSR count). The first-order chi connectivity index (χ1) is 29.2. The maximum absolute atomic E-state index is 10.1. The van der Waals surface area contributed by atoms with E-state index in [4.69, 9.17) is 4.74 Å². The summed E-state index contributed by atoms with van der Waals surface area (Å²) in [5.41, 5.74) is 2.53. The fourth-order valence-corrected chi connectivity index (χ4v) is 8.29. The first-order valence-electron chi connectivity index (χ1n) is 23.7. The summed E-state index contributed by atoms with van der Waals surface area (Å²) < 4.78 is 19.6. The van der Waals surface area contributed by atoms with Crippen molar-refractivity contribution in [3.63, 3.8) is 0 Å². The zero-order chi connectivity index (χ0) is 47.8. The van der Waals surface area contributed by atoms with Crippen LogP contribution in [0, 0.1) is 41.4 Å². The van der Waals surface area contributed by atoms with E-state index in [0.29, 0.717) is 10.8 Å².